The molecule has 0 fully saturated rings. The zero-order valence-electron chi connectivity index (χ0n) is 34.3. The van der Waals surface area contributed by atoms with Crippen molar-refractivity contribution in [1.82, 2.24) is 0 Å². The lowest BCUT2D eigenvalue weighted by molar-refractivity contribution is -0.870. The summed E-state index contributed by atoms with van der Waals surface area (Å²) >= 11 is 0. The first kappa shape index (κ1) is 50.1. The van der Waals surface area contributed by atoms with E-state index in [1.54, 1.807) is 6.26 Å². The number of likely N-dealkylation sites (N-methyl/N-ethyl adjacent to an activating group) is 1. The molecule has 0 aromatic carbocycles. The molecular weight excluding hydrogens is 661 g/mol. The summed E-state index contributed by atoms with van der Waals surface area (Å²) in [6.45, 7) is 4.76. The lowest BCUT2D eigenvalue weighted by Crippen LogP contribution is -2.37. The summed E-state index contributed by atoms with van der Waals surface area (Å²) in [4.78, 5) is 25.0. The molecule has 0 aliphatic heterocycles. The zero-order chi connectivity index (χ0) is 37.7. The number of carbonyl (C=O) groups excluding carboxylic acids is 1. The average molecular weight is 746 g/mol. The van der Waals surface area contributed by atoms with Gasteiger partial charge in [0.1, 0.15) is 19.8 Å². The van der Waals surface area contributed by atoms with Gasteiger partial charge < -0.3 is 27.9 Å². The number of phosphoric ester groups is 1. The predicted molar refractivity (Wildman–Crippen MR) is 213 cm³/mol. The lowest BCUT2D eigenvalue weighted by atomic mass is 10.0. The van der Waals surface area contributed by atoms with Gasteiger partial charge in [0.05, 0.1) is 34.0 Å². The lowest BCUT2D eigenvalue weighted by Gasteiger charge is -2.28. The molecule has 0 bridgehead atoms. The van der Waals surface area contributed by atoms with E-state index in [4.69, 9.17) is 18.5 Å². The van der Waals surface area contributed by atoms with Crippen molar-refractivity contribution in [2.45, 2.75) is 206 Å². The minimum atomic E-state index is -4.53. The van der Waals surface area contributed by atoms with Crippen LogP contribution in [0.1, 0.15) is 200 Å². The van der Waals surface area contributed by atoms with Crippen LogP contribution >= 0.6 is 7.82 Å². The van der Waals surface area contributed by atoms with Crippen LogP contribution in [0.25, 0.3) is 0 Å². The van der Waals surface area contributed by atoms with Crippen molar-refractivity contribution in [3.05, 3.63) is 12.3 Å². The van der Waals surface area contributed by atoms with Crippen LogP contribution in [-0.2, 0) is 27.9 Å². The Morgan fingerprint density at radius 1 is 0.608 bits per heavy atom. The van der Waals surface area contributed by atoms with Crippen LogP contribution in [0.4, 0.5) is 0 Å². The zero-order valence-corrected chi connectivity index (χ0v) is 35.2. The van der Waals surface area contributed by atoms with E-state index in [9.17, 15) is 14.3 Å². The first-order valence-corrected chi connectivity index (χ1v) is 22.9. The maximum Gasteiger partial charge on any atom is 0.306 e. The highest BCUT2D eigenvalue weighted by atomic mass is 31.2. The average Bonchev–Trinajstić information content (AvgIpc) is 3.08. The molecule has 0 N–H and O–H groups in total. The Morgan fingerprint density at radius 2 is 1.02 bits per heavy atom. The van der Waals surface area contributed by atoms with Crippen LogP contribution in [-0.4, -0.2) is 64.1 Å². The fourth-order valence-electron chi connectivity index (χ4n) is 6.04. The molecule has 0 amide bonds. The summed E-state index contributed by atoms with van der Waals surface area (Å²) in [5.41, 5.74) is 0. The quantitative estimate of drug-likeness (QED) is 0.0203. The summed E-state index contributed by atoms with van der Waals surface area (Å²) in [6.07, 6.45) is 38.8. The SMILES string of the molecule is CCCCCCCCCCCCCCCC/C=C\OCC(COP(=O)([O-])OCC[N+](C)(C)C)OC(=O)CCCCCCCCCCCCCCC. The number of hydrogen-bond acceptors (Lipinski definition) is 7. The fraction of sp³-hybridized carbons (Fsp3) is 0.929. The van der Waals surface area contributed by atoms with E-state index in [0.717, 1.165) is 32.1 Å². The highest BCUT2D eigenvalue weighted by Crippen LogP contribution is 2.38. The van der Waals surface area contributed by atoms with Crippen molar-refractivity contribution < 1.29 is 37.3 Å². The van der Waals surface area contributed by atoms with Crippen LogP contribution in [0.3, 0.4) is 0 Å². The topological polar surface area (TPSA) is 94.1 Å². The molecule has 8 nitrogen and oxygen atoms in total. The Bertz CT molecular complexity index is 833. The van der Waals surface area contributed by atoms with Gasteiger partial charge >= 0.3 is 5.97 Å². The largest absolute Gasteiger partial charge is 0.756 e. The summed E-state index contributed by atoms with van der Waals surface area (Å²) < 4.78 is 34.3. The third-order valence-electron chi connectivity index (χ3n) is 9.41. The Morgan fingerprint density at radius 3 is 1.45 bits per heavy atom. The van der Waals surface area contributed by atoms with Crippen molar-refractivity contribution in [2.75, 3.05) is 47.5 Å². The molecule has 0 saturated carbocycles. The van der Waals surface area contributed by atoms with Gasteiger partial charge in [-0.15, -0.1) is 0 Å². The second-order valence-electron chi connectivity index (χ2n) is 15.8. The number of allylic oxidation sites excluding steroid dienone is 1. The predicted octanol–water partition coefficient (Wildman–Crippen LogP) is 12.0. The number of unbranched alkanes of at least 4 members (excludes halogenated alkanes) is 26. The van der Waals surface area contributed by atoms with E-state index in [1.165, 1.54) is 148 Å². The monoisotopic (exact) mass is 746 g/mol. The summed E-state index contributed by atoms with van der Waals surface area (Å²) in [7, 11) is 1.34. The molecule has 0 rings (SSSR count). The highest BCUT2D eigenvalue weighted by molar-refractivity contribution is 7.45. The number of ether oxygens (including phenoxy) is 2. The van der Waals surface area contributed by atoms with Crippen molar-refractivity contribution in [1.29, 1.82) is 0 Å². The molecule has 0 heterocycles. The molecule has 2 atom stereocenters. The number of nitrogens with zero attached hydrogens (tertiary/aromatic N) is 1. The minimum Gasteiger partial charge on any atom is -0.756 e. The summed E-state index contributed by atoms with van der Waals surface area (Å²) in [5, 5.41) is 0. The molecule has 0 aliphatic carbocycles. The van der Waals surface area contributed by atoms with Gasteiger partial charge in [-0.05, 0) is 25.3 Å². The molecule has 9 heteroatoms. The van der Waals surface area contributed by atoms with Gasteiger partial charge in [0, 0.05) is 6.42 Å². The van der Waals surface area contributed by atoms with E-state index in [0.29, 0.717) is 17.4 Å². The number of esters is 1. The van der Waals surface area contributed by atoms with Gasteiger partial charge in [0.2, 0.25) is 0 Å². The summed E-state index contributed by atoms with van der Waals surface area (Å²) in [5.74, 6) is -0.353. The van der Waals surface area contributed by atoms with Crippen LogP contribution in [0.2, 0.25) is 0 Å². The van der Waals surface area contributed by atoms with E-state index in [1.807, 2.05) is 27.2 Å². The fourth-order valence-corrected chi connectivity index (χ4v) is 6.77. The normalized spacial score (nSPS) is 13.8. The van der Waals surface area contributed by atoms with Gasteiger partial charge in [-0.1, -0.05) is 174 Å². The molecule has 0 aromatic rings. The Hall–Kier alpha value is -0.920. The van der Waals surface area contributed by atoms with Crippen LogP contribution in [0.15, 0.2) is 12.3 Å². The van der Waals surface area contributed by atoms with Crippen LogP contribution in [0.5, 0.6) is 0 Å². The van der Waals surface area contributed by atoms with E-state index >= 15 is 0 Å². The highest BCUT2D eigenvalue weighted by Gasteiger charge is 2.20. The number of rotatable bonds is 40. The molecule has 0 spiro atoms. The van der Waals surface area contributed by atoms with E-state index in [2.05, 4.69) is 13.8 Å². The molecule has 304 valence electrons. The van der Waals surface area contributed by atoms with Gasteiger partial charge in [0.25, 0.3) is 7.82 Å². The Kier molecular flexibility index (Phi) is 35.4. The molecule has 0 aliphatic rings. The van der Waals surface area contributed by atoms with Crippen LogP contribution < -0.4 is 4.89 Å². The Balaban J connectivity index is 4.27. The maximum atomic E-state index is 12.6. The smallest absolute Gasteiger partial charge is 0.306 e. The first-order valence-electron chi connectivity index (χ1n) is 21.5. The van der Waals surface area contributed by atoms with Gasteiger partial charge in [-0.2, -0.15) is 0 Å². The van der Waals surface area contributed by atoms with Crippen molar-refractivity contribution in [3.63, 3.8) is 0 Å². The number of phosphoric acid groups is 1. The van der Waals surface area contributed by atoms with Crippen molar-refractivity contribution >= 4 is 13.8 Å². The van der Waals surface area contributed by atoms with Gasteiger partial charge in [-0.25, -0.2) is 0 Å². The molecule has 2 unspecified atom stereocenters. The molecule has 0 saturated heterocycles. The molecular formula is C42H84NO7P. The third kappa shape index (κ3) is 40.1. The number of quaternary nitrogens is 1. The van der Waals surface area contributed by atoms with Gasteiger partial charge in [0.15, 0.2) is 6.10 Å². The third-order valence-corrected chi connectivity index (χ3v) is 10.4. The Labute approximate surface area is 316 Å². The summed E-state index contributed by atoms with van der Waals surface area (Å²) in [6, 6.07) is 0. The van der Waals surface area contributed by atoms with E-state index in [-0.39, 0.29) is 25.8 Å². The molecule has 0 radical (unpaired) electrons. The standard InChI is InChI=1S/C42H84NO7P/c1-6-8-10-12-14-16-18-20-21-22-24-26-28-30-32-34-37-47-39-41(40-49-51(45,46)48-38-36-43(3,4)5)50-42(44)35-33-31-29-27-25-23-19-17-15-13-11-9-7-2/h34,37,41H,6-33,35-36,38-40H2,1-5H3/b37-34-. The molecule has 0 aromatic heterocycles. The van der Waals surface area contributed by atoms with E-state index < -0.39 is 13.9 Å². The van der Waals surface area contributed by atoms with Gasteiger partial charge in [-0.3, -0.25) is 9.36 Å². The maximum absolute atomic E-state index is 12.6. The number of hydrogen-bond donors (Lipinski definition) is 0. The second kappa shape index (κ2) is 36.1. The first-order chi connectivity index (χ1) is 24.6. The van der Waals surface area contributed by atoms with Crippen molar-refractivity contribution in [3.8, 4) is 0 Å². The minimum absolute atomic E-state index is 0.0201. The number of carbonyl (C=O) groups is 1. The van der Waals surface area contributed by atoms with Crippen LogP contribution in [0, 0.1) is 0 Å². The second-order valence-corrected chi connectivity index (χ2v) is 17.2. The van der Waals surface area contributed by atoms with Crippen molar-refractivity contribution in [2.24, 2.45) is 0 Å². The molecule has 51 heavy (non-hydrogen) atoms.